The molecule has 0 saturated carbocycles. The summed E-state index contributed by atoms with van der Waals surface area (Å²) in [5, 5.41) is 10.5. The van der Waals surface area contributed by atoms with Gasteiger partial charge in [-0.25, -0.2) is 19.9 Å². The third-order valence-electron chi connectivity index (χ3n) is 10.5. The van der Waals surface area contributed by atoms with Gasteiger partial charge in [-0.1, -0.05) is 164 Å². The van der Waals surface area contributed by atoms with Crippen molar-refractivity contribution in [3.8, 4) is 55.9 Å². The van der Waals surface area contributed by atoms with Crippen LogP contribution in [0, 0.1) is 0 Å². The smallest absolute Gasteiger partial charge is 0.164 e. The van der Waals surface area contributed by atoms with Crippen LogP contribution in [0.1, 0.15) is 0 Å². The van der Waals surface area contributed by atoms with Crippen LogP contribution in [0.5, 0.6) is 0 Å². The first-order valence-corrected chi connectivity index (χ1v) is 19.2. The maximum Gasteiger partial charge on any atom is 0.164 e. The Bertz CT molecular complexity index is 3160. The van der Waals surface area contributed by atoms with Crippen LogP contribution in [-0.4, -0.2) is 19.9 Å². The largest absolute Gasteiger partial charge is 0.235 e. The van der Waals surface area contributed by atoms with Gasteiger partial charge in [-0.05, 0) is 61.6 Å². The van der Waals surface area contributed by atoms with E-state index in [9.17, 15) is 0 Å². The van der Waals surface area contributed by atoms with Crippen molar-refractivity contribution in [1.29, 1.82) is 0 Å². The summed E-state index contributed by atoms with van der Waals surface area (Å²) >= 11 is 1.77. The van der Waals surface area contributed by atoms with Crippen molar-refractivity contribution in [2.24, 2.45) is 0 Å². The fraction of sp³-hybridized carbons (Fsp3) is 0. The van der Waals surface area contributed by atoms with Crippen molar-refractivity contribution in [2.45, 2.75) is 0 Å². The summed E-state index contributed by atoms with van der Waals surface area (Å²) in [6.07, 6.45) is 0. The molecule has 0 unspecified atom stereocenters. The quantitative estimate of drug-likeness (QED) is 0.166. The molecule has 0 amide bonds. The molecule has 11 rings (SSSR count). The molecule has 4 nitrogen and oxygen atoms in total. The van der Waals surface area contributed by atoms with Gasteiger partial charge in [0.1, 0.15) is 5.01 Å². The second-order valence-corrected chi connectivity index (χ2v) is 14.9. The summed E-state index contributed by atoms with van der Waals surface area (Å²) in [7, 11) is 0. The Morgan fingerprint density at radius 3 is 1.44 bits per heavy atom. The van der Waals surface area contributed by atoms with E-state index in [1.54, 1.807) is 11.3 Å². The van der Waals surface area contributed by atoms with Gasteiger partial charge in [0.05, 0.1) is 10.2 Å². The molecule has 0 radical (unpaired) electrons. The Balaban J connectivity index is 1.03. The van der Waals surface area contributed by atoms with E-state index in [4.69, 9.17) is 19.9 Å². The standard InChI is InChI=1S/C50H30N4S/c1-2-12-35(13-3-1)50-51-45-44-30-38(26-27-42(44)41-16-8-9-17-43(41)46(45)55-50)33-18-22-34(23-19-33)47-52-48(39-24-20-31-10-4-6-14-36(31)28-39)54-49(53-47)40-25-21-32-11-5-7-15-37(32)29-40/h1-30H. The van der Waals surface area contributed by atoms with E-state index >= 15 is 0 Å². The Morgan fingerprint density at radius 1 is 0.291 bits per heavy atom. The first kappa shape index (κ1) is 31.4. The molecule has 0 aliphatic rings. The molecule has 2 aromatic heterocycles. The molecule has 5 heteroatoms. The van der Waals surface area contributed by atoms with E-state index < -0.39 is 0 Å². The molecule has 0 fully saturated rings. The lowest BCUT2D eigenvalue weighted by atomic mass is 9.96. The van der Waals surface area contributed by atoms with Crippen LogP contribution in [0.4, 0.5) is 0 Å². The SMILES string of the molecule is c1ccc(-c2nc3c4cc(-c5ccc(-c6nc(-c7ccc8ccccc8c7)nc(-c7ccc8ccccc8c7)n6)cc5)ccc4c4ccccc4c3s2)cc1. The number of hydrogen-bond donors (Lipinski definition) is 0. The fourth-order valence-corrected chi connectivity index (χ4v) is 8.82. The lowest BCUT2D eigenvalue weighted by Crippen LogP contribution is -2.00. The zero-order valence-corrected chi connectivity index (χ0v) is 30.3. The van der Waals surface area contributed by atoms with Gasteiger partial charge in [-0.15, -0.1) is 11.3 Å². The molecule has 0 aliphatic carbocycles. The highest BCUT2D eigenvalue weighted by Gasteiger charge is 2.17. The molecular weight excluding hydrogens is 689 g/mol. The molecule has 11 aromatic rings. The van der Waals surface area contributed by atoms with Crippen molar-refractivity contribution >= 4 is 64.6 Å². The van der Waals surface area contributed by atoms with Gasteiger partial charge in [0.25, 0.3) is 0 Å². The third-order valence-corrected chi connectivity index (χ3v) is 11.6. The van der Waals surface area contributed by atoms with Crippen LogP contribution < -0.4 is 0 Å². The van der Waals surface area contributed by atoms with E-state index in [1.165, 1.54) is 31.6 Å². The van der Waals surface area contributed by atoms with E-state index in [-0.39, 0.29) is 0 Å². The van der Waals surface area contributed by atoms with Gasteiger partial charge < -0.3 is 0 Å². The first-order chi connectivity index (χ1) is 27.2. The number of hydrogen-bond acceptors (Lipinski definition) is 5. The molecule has 0 bridgehead atoms. The number of rotatable bonds is 5. The van der Waals surface area contributed by atoms with Crippen molar-refractivity contribution in [3.63, 3.8) is 0 Å². The summed E-state index contributed by atoms with van der Waals surface area (Å²) in [5.74, 6) is 1.93. The molecule has 0 N–H and O–H groups in total. The average molecular weight is 719 g/mol. The number of fused-ring (bicyclic) bond motifs is 8. The third kappa shape index (κ3) is 5.52. The van der Waals surface area contributed by atoms with Crippen LogP contribution in [-0.2, 0) is 0 Å². The van der Waals surface area contributed by atoms with Crippen LogP contribution in [0.15, 0.2) is 182 Å². The summed E-state index contributed by atoms with van der Waals surface area (Å²) < 4.78 is 1.22. The van der Waals surface area contributed by atoms with E-state index in [2.05, 4.69) is 176 Å². The second kappa shape index (κ2) is 12.8. The summed E-state index contributed by atoms with van der Waals surface area (Å²) in [5.41, 5.74) is 7.26. The fourth-order valence-electron chi connectivity index (χ4n) is 7.69. The predicted octanol–water partition coefficient (Wildman–Crippen LogP) is 13.4. The maximum absolute atomic E-state index is 5.25. The van der Waals surface area contributed by atoms with Gasteiger partial charge in [-0.3, -0.25) is 0 Å². The molecule has 0 saturated heterocycles. The maximum atomic E-state index is 5.25. The minimum atomic E-state index is 0.635. The van der Waals surface area contributed by atoms with Gasteiger partial charge in [0.15, 0.2) is 17.5 Å². The van der Waals surface area contributed by atoms with Gasteiger partial charge in [0, 0.05) is 33.0 Å². The predicted molar refractivity (Wildman–Crippen MR) is 230 cm³/mol. The molecule has 0 spiro atoms. The highest BCUT2D eigenvalue weighted by molar-refractivity contribution is 7.22. The zero-order chi connectivity index (χ0) is 36.3. The van der Waals surface area contributed by atoms with Crippen LogP contribution in [0.3, 0.4) is 0 Å². The highest BCUT2D eigenvalue weighted by atomic mass is 32.1. The molecular formula is C50H30N4S. The number of thiazole rings is 1. The van der Waals surface area contributed by atoms with Crippen LogP contribution in [0.25, 0.3) is 109 Å². The van der Waals surface area contributed by atoms with Crippen molar-refractivity contribution in [2.75, 3.05) is 0 Å². The van der Waals surface area contributed by atoms with Crippen molar-refractivity contribution < 1.29 is 0 Å². The van der Waals surface area contributed by atoms with Crippen molar-refractivity contribution in [1.82, 2.24) is 19.9 Å². The molecule has 9 aromatic carbocycles. The Kier molecular flexibility index (Phi) is 7.32. The highest BCUT2D eigenvalue weighted by Crippen LogP contribution is 2.42. The average Bonchev–Trinajstić information content (AvgIpc) is 3.73. The number of nitrogens with zero attached hydrogens (tertiary/aromatic N) is 4. The summed E-state index contributed by atoms with van der Waals surface area (Å²) in [4.78, 5) is 20.4. The number of benzene rings is 9. The Morgan fingerprint density at radius 2 is 0.782 bits per heavy atom. The molecule has 0 atom stereocenters. The Labute approximate surface area is 321 Å². The van der Waals surface area contributed by atoms with Crippen LogP contribution >= 0.6 is 11.3 Å². The minimum Gasteiger partial charge on any atom is -0.235 e. The molecule has 2 heterocycles. The van der Waals surface area contributed by atoms with Crippen molar-refractivity contribution in [3.05, 3.63) is 182 Å². The lowest BCUT2D eigenvalue weighted by molar-refractivity contribution is 1.08. The van der Waals surface area contributed by atoms with Gasteiger partial charge in [0.2, 0.25) is 0 Å². The molecule has 256 valence electrons. The number of aromatic nitrogens is 4. The van der Waals surface area contributed by atoms with Gasteiger partial charge >= 0.3 is 0 Å². The monoisotopic (exact) mass is 718 g/mol. The first-order valence-electron chi connectivity index (χ1n) is 18.4. The normalized spacial score (nSPS) is 11.6. The minimum absolute atomic E-state index is 0.635. The summed E-state index contributed by atoms with van der Waals surface area (Å²) in [6.45, 7) is 0. The zero-order valence-electron chi connectivity index (χ0n) is 29.5. The lowest BCUT2D eigenvalue weighted by Gasteiger charge is -2.11. The van der Waals surface area contributed by atoms with E-state index in [1.807, 2.05) is 6.07 Å². The van der Waals surface area contributed by atoms with Gasteiger partial charge in [-0.2, -0.15) is 0 Å². The van der Waals surface area contributed by atoms with E-state index in [0.717, 1.165) is 60.1 Å². The second-order valence-electron chi connectivity index (χ2n) is 13.9. The molecule has 0 aliphatic heterocycles. The Hall–Kier alpha value is -7.08. The topological polar surface area (TPSA) is 51.6 Å². The van der Waals surface area contributed by atoms with E-state index in [0.29, 0.717) is 17.5 Å². The molecule has 55 heavy (non-hydrogen) atoms. The van der Waals surface area contributed by atoms with Crippen LogP contribution in [0.2, 0.25) is 0 Å². The summed E-state index contributed by atoms with van der Waals surface area (Å²) in [6, 6.07) is 64.0.